The Hall–Kier alpha value is -0.990. The molecule has 1 unspecified atom stereocenters. The Balaban J connectivity index is 0.00000243. The number of ether oxygens (including phenoxy) is 1. The summed E-state index contributed by atoms with van der Waals surface area (Å²) in [5.74, 6) is 1.57. The lowest BCUT2D eigenvalue weighted by atomic mass is 10.1. The zero-order chi connectivity index (χ0) is 17.6. The molecule has 2 aromatic rings. The summed E-state index contributed by atoms with van der Waals surface area (Å²) >= 11 is 6.13. The van der Waals surface area contributed by atoms with Crippen LogP contribution in [-0.2, 0) is 11.2 Å². The minimum atomic E-state index is 0. The summed E-state index contributed by atoms with van der Waals surface area (Å²) in [5, 5.41) is 5.34. The number of halogens is 2. The molecule has 0 bridgehead atoms. The van der Waals surface area contributed by atoms with Crippen LogP contribution in [0.5, 0.6) is 0 Å². The van der Waals surface area contributed by atoms with Gasteiger partial charge in [-0.05, 0) is 43.5 Å². The number of hydrogen-bond donors (Lipinski definition) is 2. The first-order chi connectivity index (χ1) is 12.2. The quantitative estimate of drug-likeness (QED) is 0.367. The van der Waals surface area contributed by atoms with E-state index in [4.69, 9.17) is 21.3 Å². The molecule has 144 valence electrons. The van der Waals surface area contributed by atoms with Crippen molar-refractivity contribution in [2.24, 2.45) is 10.9 Å². The van der Waals surface area contributed by atoms with Crippen LogP contribution in [0.3, 0.4) is 0 Å². The second kappa shape index (κ2) is 10.4. The van der Waals surface area contributed by atoms with Crippen LogP contribution < -0.4 is 5.32 Å². The number of rotatable bonds is 6. The summed E-state index contributed by atoms with van der Waals surface area (Å²) in [6.45, 7) is 6.44. The van der Waals surface area contributed by atoms with Gasteiger partial charge in [-0.1, -0.05) is 11.6 Å². The van der Waals surface area contributed by atoms with E-state index in [0.717, 1.165) is 62.2 Å². The molecule has 1 aliphatic heterocycles. The van der Waals surface area contributed by atoms with Gasteiger partial charge in [-0.15, -0.1) is 24.0 Å². The third-order valence-corrected chi connectivity index (χ3v) is 4.86. The standard InChI is InChI=1S/C19H27ClN4O.HI/c1-3-21-19(24(2)12-14-7-9-25-13-14)22-8-6-15-11-23-18-5-4-16(20)10-17(15)18;/h4-5,10-11,14,23H,3,6-9,12-13H2,1-2H3,(H,21,22);1H. The fourth-order valence-corrected chi connectivity index (χ4v) is 3.48. The molecular formula is C19H28ClIN4O. The van der Waals surface area contributed by atoms with Crippen molar-refractivity contribution in [1.29, 1.82) is 0 Å². The number of nitrogens with one attached hydrogen (secondary N) is 2. The van der Waals surface area contributed by atoms with E-state index in [1.807, 2.05) is 18.2 Å². The van der Waals surface area contributed by atoms with Gasteiger partial charge in [0.25, 0.3) is 0 Å². The van der Waals surface area contributed by atoms with Gasteiger partial charge in [-0.2, -0.15) is 0 Å². The molecule has 1 aromatic heterocycles. The highest BCUT2D eigenvalue weighted by atomic mass is 127. The Kier molecular flexibility index (Phi) is 8.50. The highest BCUT2D eigenvalue weighted by Crippen LogP contribution is 2.22. The monoisotopic (exact) mass is 490 g/mol. The fourth-order valence-electron chi connectivity index (χ4n) is 3.31. The van der Waals surface area contributed by atoms with Crippen molar-refractivity contribution in [1.82, 2.24) is 15.2 Å². The minimum absolute atomic E-state index is 0. The van der Waals surface area contributed by atoms with Gasteiger partial charge in [-0.25, -0.2) is 0 Å². The van der Waals surface area contributed by atoms with Crippen LogP contribution in [-0.4, -0.2) is 55.7 Å². The van der Waals surface area contributed by atoms with E-state index in [1.165, 1.54) is 10.9 Å². The third-order valence-electron chi connectivity index (χ3n) is 4.62. The predicted octanol–water partition coefficient (Wildman–Crippen LogP) is 3.92. The summed E-state index contributed by atoms with van der Waals surface area (Å²) in [5.41, 5.74) is 2.37. The van der Waals surface area contributed by atoms with Gasteiger partial charge in [0.2, 0.25) is 0 Å². The Morgan fingerprint density at radius 2 is 2.31 bits per heavy atom. The van der Waals surface area contributed by atoms with Crippen LogP contribution in [0, 0.1) is 5.92 Å². The van der Waals surface area contributed by atoms with Crippen LogP contribution in [0.1, 0.15) is 18.9 Å². The molecule has 2 heterocycles. The van der Waals surface area contributed by atoms with E-state index >= 15 is 0 Å². The van der Waals surface area contributed by atoms with Crippen molar-refractivity contribution < 1.29 is 4.74 Å². The number of hydrogen-bond acceptors (Lipinski definition) is 2. The lowest BCUT2D eigenvalue weighted by Gasteiger charge is -2.24. The van der Waals surface area contributed by atoms with Crippen molar-refractivity contribution in [2.45, 2.75) is 19.8 Å². The first-order valence-corrected chi connectivity index (χ1v) is 9.38. The van der Waals surface area contributed by atoms with Crippen LogP contribution in [0.15, 0.2) is 29.4 Å². The average molecular weight is 491 g/mol. The van der Waals surface area contributed by atoms with Gasteiger partial charge < -0.3 is 19.9 Å². The molecule has 1 fully saturated rings. The van der Waals surface area contributed by atoms with Crippen LogP contribution in [0.4, 0.5) is 0 Å². The van der Waals surface area contributed by atoms with Crippen molar-refractivity contribution in [3.8, 4) is 0 Å². The van der Waals surface area contributed by atoms with Crippen LogP contribution in [0.25, 0.3) is 10.9 Å². The van der Waals surface area contributed by atoms with E-state index in [1.54, 1.807) is 0 Å². The second-order valence-corrected chi connectivity index (χ2v) is 7.04. The van der Waals surface area contributed by atoms with Gasteiger partial charge in [-0.3, -0.25) is 4.99 Å². The van der Waals surface area contributed by atoms with E-state index in [2.05, 4.69) is 35.4 Å². The molecular weight excluding hydrogens is 463 g/mol. The molecule has 3 rings (SSSR count). The number of benzene rings is 1. The lowest BCUT2D eigenvalue weighted by Crippen LogP contribution is -2.41. The molecule has 0 aliphatic carbocycles. The molecule has 0 radical (unpaired) electrons. The van der Waals surface area contributed by atoms with E-state index < -0.39 is 0 Å². The van der Waals surface area contributed by atoms with Crippen molar-refractivity contribution in [3.63, 3.8) is 0 Å². The third kappa shape index (κ3) is 5.50. The molecule has 0 saturated carbocycles. The maximum absolute atomic E-state index is 6.13. The summed E-state index contributed by atoms with van der Waals surface area (Å²) < 4.78 is 5.48. The van der Waals surface area contributed by atoms with E-state index in [-0.39, 0.29) is 24.0 Å². The molecule has 1 aromatic carbocycles. The summed E-state index contributed by atoms with van der Waals surface area (Å²) in [7, 11) is 2.10. The van der Waals surface area contributed by atoms with E-state index in [9.17, 15) is 0 Å². The summed E-state index contributed by atoms with van der Waals surface area (Å²) in [6, 6.07) is 5.95. The number of aliphatic imine (C=N–C) groups is 1. The maximum Gasteiger partial charge on any atom is 0.193 e. The molecule has 1 saturated heterocycles. The Labute approximate surface area is 177 Å². The van der Waals surface area contributed by atoms with Crippen LogP contribution in [0.2, 0.25) is 5.02 Å². The Morgan fingerprint density at radius 1 is 1.46 bits per heavy atom. The van der Waals surface area contributed by atoms with Gasteiger partial charge >= 0.3 is 0 Å². The van der Waals surface area contributed by atoms with Crippen LogP contribution >= 0.6 is 35.6 Å². The summed E-state index contributed by atoms with van der Waals surface area (Å²) in [6.07, 6.45) is 4.08. The SMILES string of the molecule is CCNC(=NCCc1c[nH]c2ccc(Cl)cc12)N(C)CC1CCOC1.I. The van der Waals surface area contributed by atoms with Crippen molar-refractivity contribution in [3.05, 3.63) is 35.0 Å². The second-order valence-electron chi connectivity index (χ2n) is 6.60. The molecule has 2 N–H and O–H groups in total. The van der Waals surface area contributed by atoms with Gasteiger partial charge in [0.15, 0.2) is 5.96 Å². The minimum Gasteiger partial charge on any atom is -0.381 e. The normalized spacial score (nSPS) is 17.3. The Bertz CT molecular complexity index is 727. The zero-order valence-electron chi connectivity index (χ0n) is 15.4. The number of fused-ring (bicyclic) bond motifs is 1. The largest absolute Gasteiger partial charge is 0.381 e. The van der Waals surface area contributed by atoms with Crippen molar-refractivity contribution >= 4 is 52.4 Å². The molecule has 0 spiro atoms. The summed E-state index contributed by atoms with van der Waals surface area (Å²) in [4.78, 5) is 10.3. The number of nitrogens with zero attached hydrogens (tertiary/aromatic N) is 2. The molecule has 0 amide bonds. The highest BCUT2D eigenvalue weighted by Gasteiger charge is 2.19. The fraction of sp³-hybridized carbons (Fsp3) is 0.526. The molecule has 1 aliphatic rings. The number of guanidine groups is 1. The maximum atomic E-state index is 6.13. The molecule has 26 heavy (non-hydrogen) atoms. The lowest BCUT2D eigenvalue weighted by molar-refractivity contribution is 0.181. The number of aromatic nitrogens is 1. The van der Waals surface area contributed by atoms with E-state index in [0.29, 0.717) is 5.92 Å². The van der Waals surface area contributed by atoms with Gasteiger partial charge in [0.05, 0.1) is 6.61 Å². The highest BCUT2D eigenvalue weighted by molar-refractivity contribution is 14.0. The first-order valence-electron chi connectivity index (χ1n) is 9.00. The Morgan fingerprint density at radius 3 is 3.04 bits per heavy atom. The predicted molar refractivity (Wildman–Crippen MR) is 120 cm³/mol. The molecule has 5 nitrogen and oxygen atoms in total. The van der Waals surface area contributed by atoms with Gasteiger partial charge in [0, 0.05) is 61.3 Å². The smallest absolute Gasteiger partial charge is 0.193 e. The van der Waals surface area contributed by atoms with Crippen molar-refractivity contribution in [2.75, 3.05) is 39.9 Å². The number of aromatic amines is 1. The first kappa shape index (κ1) is 21.3. The topological polar surface area (TPSA) is 52.7 Å². The zero-order valence-corrected chi connectivity index (χ0v) is 18.5. The average Bonchev–Trinajstić information content (AvgIpc) is 3.24. The molecule has 7 heteroatoms. The van der Waals surface area contributed by atoms with Gasteiger partial charge in [0.1, 0.15) is 0 Å². The molecule has 1 atom stereocenters. The number of H-pyrrole nitrogens is 1.